The van der Waals surface area contributed by atoms with Crippen LogP contribution in [0.2, 0.25) is 0 Å². The van der Waals surface area contributed by atoms with Crippen molar-refractivity contribution < 1.29 is 13.2 Å². The predicted molar refractivity (Wildman–Crippen MR) is 74.5 cm³/mol. The smallest absolute Gasteiger partial charge is 0.275 e. The monoisotopic (exact) mass is 296 g/mol. The Morgan fingerprint density at radius 3 is 2.85 bits per heavy atom. The van der Waals surface area contributed by atoms with Crippen molar-refractivity contribution in [2.45, 2.75) is 12.5 Å². The second kappa shape index (κ2) is 5.17. The van der Waals surface area contributed by atoms with Crippen molar-refractivity contribution in [2.24, 2.45) is 7.05 Å². The minimum atomic E-state index is -3.10. The summed E-state index contributed by atoms with van der Waals surface area (Å²) in [4.78, 5) is 13.9. The van der Waals surface area contributed by atoms with E-state index in [0.29, 0.717) is 6.42 Å². The molecule has 8 heteroatoms. The summed E-state index contributed by atoms with van der Waals surface area (Å²) in [6.45, 7) is 0.0453. The molecule has 2 N–H and O–H groups in total. The quantitative estimate of drug-likeness (QED) is 0.741. The molecule has 0 spiro atoms. The number of hydrogen-bond donors (Lipinski definition) is 1. The molecule has 2 heterocycles. The largest absolute Gasteiger partial charge is 0.396 e. The zero-order valence-electron chi connectivity index (χ0n) is 11.1. The van der Waals surface area contributed by atoms with Gasteiger partial charge in [0.2, 0.25) is 0 Å². The van der Waals surface area contributed by atoms with Gasteiger partial charge in [-0.15, -0.1) is 6.42 Å². The Bertz CT molecular complexity index is 652. The van der Waals surface area contributed by atoms with Crippen molar-refractivity contribution in [1.82, 2.24) is 14.7 Å². The number of aryl methyl sites for hydroxylation is 1. The molecule has 1 aromatic heterocycles. The molecule has 0 saturated carbocycles. The third-order valence-electron chi connectivity index (χ3n) is 3.34. The molecule has 1 amide bonds. The highest BCUT2D eigenvalue weighted by molar-refractivity contribution is 7.91. The number of carbonyl (C=O) groups excluding carboxylic acids is 1. The summed E-state index contributed by atoms with van der Waals surface area (Å²) >= 11 is 0. The molecular formula is C12H16N4O3S. The van der Waals surface area contributed by atoms with Crippen LogP contribution in [-0.2, 0) is 16.9 Å². The molecule has 108 valence electrons. The van der Waals surface area contributed by atoms with Crippen molar-refractivity contribution >= 4 is 21.4 Å². The van der Waals surface area contributed by atoms with Crippen LogP contribution < -0.4 is 5.73 Å². The van der Waals surface area contributed by atoms with Gasteiger partial charge in [0.25, 0.3) is 5.91 Å². The van der Waals surface area contributed by atoms with Gasteiger partial charge in [-0.3, -0.25) is 9.48 Å². The third-order valence-corrected chi connectivity index (χ3v) is 5.09. The van der Waals surface area contributed by atoms with E-state index < -0.39 is 15.9 Å². The molecule has 1 fully saturated rings. The normalized spacial score (nSPS) is 20.5. The summed E-state index contributed by atoms with van der Waals surface area (Å²) in [6.07, 6.45) is 7.06. The molecule has 20 heavy (non-hydrogen) atoms. The van der Waals surface area contributed by atoms with Gasteiger partial charge in [-0.25, -0.2) is 8.42 Å². The molecule has 2 rings (SSSR count). The molecule has 1 aromatic rings. The first-order valence-corrected chi connectivity index (χ1v) is 7.90. The van der Waals surface area contributed by atoms with Crippen LogP contribution in [0.25, 0.3) is 0 Å². The molecule has 0 aliphatic carbocycles. The molecule has 1 aliphatic heterocycles. The first kappa shape index (κ1) is 14.4. The average molecular weight is 296 g/mol. The molecule has 1 unspecified atom stereocenters. The van der Waals surface area contributed by atoms with E-state index in [4.69, 9.17) is 12.2 Å². The first-order chi connectivity index (χ1) is 9.35. The van der Waals surface area contributed by atoms with Crippen molar-refractivity contribution in [1.29, 1.82) is 0 Å². The molecule has 0 radical (unpaired) electrons. The van der Waals surface area contributed by atoms with Gasteiger partial charge in [0.05, 0.1) is 29.9 Å². The van der Waals surface area contributed by atoms with E-state index in [0.717, 1.165) is 0 Å². The lowest BCUT2D eigenvalue weighted by atomic mass is 10.2. The Kier molecular flexibility index (Phi) is 3.72. The number of amides is 1. The molecule has 1 saturated heterocycles. The summed E-state index contributed by atoms with van der Waals surface area (Å²) in [5.41, 5.74) is 6.20. The topological polar surface area (TPSA) is 98.3 Å². The van der Waals surface area contributed by atoms with E-state index in [9.17, 15) is 13.2 Å². The van der Waals surface area contributed by atoms with Crippen LogP contribution in [0.15, 0.2) is 6.20 Å². The second-order valence-corrected chi connectivity index (χ2v) is 6.99. The Labute approximate surface area is 117 Å². The van der Waals surface area contributed by atoms with Gasteiger partial charge in [0.15, 0.2) is 9.84 Å². The lowest BCUT2D eigenvalue weighted by Gasteiger charge is -2.26. The minimum absolute atomic E-state index is 0.0453. The number of nitrogens with zero attached hydrogens (tertiary/aromatic N) is 3. The number of terminal acetylenes is 1. The summed E-state index contributed by atoms with van der Waals surface area (Å²) < 4.78 is 24.5. The fourth-order valence-electron chi connectivity index (χ4n) is 2.34. The molecule has 7 nitrogen and oxygen atoms in total. The number of carbonyl (C=O) groups is 1. The number of nitrogen functional groups attached to an aromatic ring is 1. The molecule has 1 aliphatic rings. The van der Waals surface area contributed by atoms with Crippen LogP contribution in [0.4, 0.5) is 5.69 Å². The Hall–Kier alpha value is -2.01. The number of hydrogen-bond acceptors (Lipinski definition) is 5. The standard InChI is InChI=1S/C12H16N4O3S/c1-3-5-16(9-4-6-20(18,19)8-9)12(17)11-10(13)7-14-15(11)2/h1,7,9H,4-6,8,13H2,2H3. The van der Waals surface area contributed by atoms with E-state index in [1.54, 1.807) is 7.05 Å². The Morgan fingerprint density at radius 1 is 1.70 bits per heavy atom. The van der Waals surface area contributed by atoms with E-state index in [2.05, 4.69) is 11.0 Å². The molecule has 0 bridgehead atoms. The van der Waals surface area contributed by atoms with Crippen LogP contribution in [0.1, 0.15) is 16.9 Å². The molecular weight excluding hydrogens is 280 g/mol. The van der Waals surface area contributed by atoms with Crippen molar-refractivity contribution in [3.8, 4) is 12.3 Å². The van der Waals surface area contributed by atoms with Crippen LogP contribution in [0, 0.1) is 12.3 Å². The lowest BCUT2D eigenvalue weighted by molar-refractivity contribution is 0.0714. The van der Waals surface area contributed by atoms with Gasteiger partial charge in [-0.2, -0.15) is 5.10 Å². The van der Waals surface area contributed by atoms with Gasteiger partial charge >= 0.3 is 0 Å². The maximum Gasteiger partial charge on any atom is 0.275 e. The predicted octanol–water partition coefficient (Wildman–Crippen LogP) is -0.735. The first-order valence-electron chi connectivity index (χ1n) is 6.08. The molecule has 0 aromatic carbocycles. The van der Waals surface area contributed by atoms with Gasteiger partial charge in [0.1, 0.15) is 5.69 Å². The van der Waals surface area contributed by atoms with E-state index in [-0.39, 0.29) is 35.3 Å². The fraction of sp³-hybridized carbons (Fsp3) is 0.500. The van der Waals surface area contributed by atoms with Gasteiger partial charge in [-0.05, 0) is 6.42 Å². The van der Waals surface area contributed by atoms with E-state index in [1.807, 2.05) is 0 Å². The SMILES string of the molecule is C#CCN(C(=O)c1c(N)cnn1C)C1CCS(=O)(=O)C1. The highest BCUT2D eigenvalue weighted by Gasteiger charge is 2.35. The zero-order valence-corrected chi connectivity index (χ0v) is 11.9. The zero-order chi connectivity index (χ0) is 14.9. The fourth-order valence-corrected chi connectivity index (χ4v) is 4.07. The number of anilines is 1. The van der Waals surface area contributed by atoms with Crippen LogP contribution in [0.5, 0.6) is 0 Å². The van der Waals surface area contributed by atoms with Crippen molar-refractivity contribution in [3.63, 3.8) is 0 Å². The van der Waals surface area contributed by atoms with Crippen LogP contribution in [0.3, 0.4) is 0 Å². The Balaban J connectivity index is 2.30. The minimum Gasteiger partial charge on any atom is -0.396 e. The highest BCUT2D eigenvalue weighted by Crippen LogP contribution is 2.21. The van der Waals surface area contributed by atoms with E-state index in [1.165, 1.54) is 15.8 Å². The Morgan fingerprint density at radius 2 is 2.40 bits per heavy atom. The lowest BCUT2D eigenvalue weighted by Crippen LogP contribution is -2.42. The summed E-state index contributed by atoms with van der Waals surface area (Å²) in [5.74, 6) is 2.03. The van der Waals surface area contributed by atoms with Crippen molar-refractivity contribution in [2.75, 3.05) is 23.8 Å². The number of sulfone groups is 1. The maximum atomic E-state index is 12.5. The van der Waals surface area contributed by atoms with Crippen LogP contribution in [-0.4, -0.2) is 53.1 Å². The molecule has 1 atom stereocenters. The van der Waals surface area contributed by atoms with Crippen LogP contribution >= 0.6 is 0 Å². The highest BCUT2D eigenvalue weighted by atomic mass is 32.2. The number of nitrogens with two attached hydrogens (primary N) is 1. The third kappa shape index (κ3) is 2.63. The van der Waals surface area contributed by atoms with Crippen molar-refractivity contribution in [3.05, 3.63) is 11.9 Å². The summed E-state index contributed by atoms with van der Waals surface area (Å²) in [7, 11) is -1.50. The van der Waals surface area contributed by atoms with Gasteiger partial charge in [-0.1, -0.05) is 5.92 Å². The number of aromatic nitrogens is 2. The summed E-state index contributed by atoms with van der Waals surface area (Å²) in [6, 6.07) is -0.405. The van der Waals surface area contributed by atoms with Gasteiger partial charge in [0, 0.05) is 13.1 Å². The maximum absolute atomic E-state index is 12.5. The number of rotatable bonds is 3. The van der Waals surface area contributed by atoms with E-state index >= 15 is 0 Å². The average Bonchev–Trinajstić information content (AvgIpc) is 2.89. The van der Waals surface area contributed by atoms with Gasteiger partial charge < -0.3 is 10.6 Å². The second-order valence-electron chi connectivity index (χ2n) is 4.77. The summed E-state index contributed by atoms with van der Waals surface area (Å²) in [5, 5.41) is 3.91.